The van der Waals surface area contributed by atoms with Crippen LogP contribution in [0.1, 0.15) is 31.4 Å². The highest BCUT2D eigenvalue weighted by atomic mass is 32.2. The Kier molecular flexibility index (Phi) is 5.93. The molecule has 0 saturated heterocycles. The number of hydrogen-bond acceptors (Lipinski definition) is 2. The fourth-order valence-corrected chi connectivity index (χ4v) is 2.78. The molecule has 1 N–H and O–H groups in total. The molecular weight excluding hydrogens is 214 g/mol. The number of rotatable bonds is 6. The fraction of sp³-hybridized carbons (Fsp3) is 0.571. The zero-order valence-corrected chi connectivity index (χ0v) is 11.7. The average Bonchev–Trinajstić information content (AvgIpc) is 2.28. The SMILES string of the molecule is CCNC(CC)CSc1ccc(C)c(C)c1. The summed E-state index contributed by atoms with van der Waals surface area (Å²) in [5.74, 6) is 1.16. The topological polar surface area (TPSA) is 12.0 Å². The summed E-state index contributed by atoms with van der Waals surface area (Å²) in [4.78, 5) is 1.39. The van der Waals surface area contributed by atoms with E-state index in [1.807, 2.05) is 11.8 Å². The molecule has 0 heterocycles. The third-order valence-electron chi connectivity index (χ3n) is 2.92. The maximum Gasteiger partial charge on any atom is 0.0158 e. The van der Waals surface area contributed by atoms with Gasteiger partial charge in [-0.1, -0.05) is 19.9 Å². The van der Waals surface area contributed by atoms with E-state index in [9.17, 15) is 0 Å². The van der Waals surface area contributed by atoms with Gasteiger partial charge in [-0.2, -0.15) is 0 Å². The third kappa shape index (κ3) is 4.18. The first-order valence-corrected chi connectivity index (χ1v) is 7.09. The Labute approximate surface area is 104 Å². The molecule has 0 aliphatic rings. The van der Waals surface area contributed by atoms with Crippen LogP contribution in [-0.2, 0) is 0 Å². The molecule has 1 aromatic carbocycles. The lowest BCUT2D eigenvalue weighted by Crippen LogP contribution is -2.30. The Bertz CT molecular complexity index is 323. The van der Waals surface area contributed by atoms with Crippen LogP contribution in [0.5, 0.6) is 0 Å². The summed E-state index contributed by atoms with van der Waals surface area (Å²) in [6, 6.07) is 7.37. The van der Waals surface area contributed by atoms with E-state index in [0.717, 1.165) is 12.3 Å². The van der Waals surface area contributed by atoms with Crippen LogP contribution in [0.4, 0.5) is 0 Å². The lowest BCUT2D eigenvalue weighted by atomic mass is 10.1. The van der Waals surface area contributed by atoms with Crippen molar-refractivity contribution >= 4 is 11.8 Å². The third-order valence-corrected chi connectivity index (χ3v) is 4.07. The number of aryl methyl sites for hydroxylation is 2. The maximum atomic E-state index is 3.51. The number of benzene rings is 1. The molecule has 0 saturated carbocycles. The zero-order valence-electron chi connectivity index (χ0n) is 10.8. The number of hydrogen-bond donors (Lipinski definition) is 1. The summed E-state index contributed by atoms with van der Waals surface area (Å²) in [5, 5.41) is 3.51. The van der Waals surface area contributed by atoms with E-state index >= 15 is 0 Å². The van der Waals surface area contributed by atoms with Crippen LogP contribution in [0.2, 0.25) is 0 Å². The molecule has 0 bridgehead atoms. The lowest BCUT2D eigenvalue weighted by Gasteiger charge is -2.15. The molecule has 90 valence electrons. The molecule has 1 aromatic rings. The molecule has 1 atom stereocenters. The normalized spacial score (nSPS) is 12.8. The second-order valence-corrected chi connectivity index (χ2v) is 5.31. The summed E-state index contributed by atoms with van der Waals surface area (Å²) in [5.41, 5.74) is 2.77. The van der Waals surface area contributed by atoms with E-state index in [1.54, 1.807) is 0 Å². The van der Waals surface area contributed by atoms with Crippen molar-refractivity contribution < 1.29 is 0 Å². The predicted octanol–water partition coefficient (Wildman–Crippen LogP) is 3.78. The van der Waals surface area contributed by atoms with Gasteiger partial charge in [0.1, 0.15) is 0 Å². The van der Waals surface area contributed by atoms with Crippen LogP contribution < -0.4 is 5.32 Å². The lowest BCUT2D eigenvalue weighted by molar-refractivity contribution is 0.560. The molecule has 0 aliphatic carbocycles. The molecule has 0 amide bonds. The van der Waals surface area contributed by atoms with Crippen molar-refractivity contribution in [3.63, 3.8) is 0 Å². The summed E-state index contributed by atoms with van der Waals surface area (Å²) in [7, 11) is 0. The molecule has 16 heavy (non-hydrogen) atoms. The molecular formula is C14H23NS. The van der Waals surface area contributed by atoms with Crippen LogP contribution in [0, 0.1) is 13.8 Å². The Hall–Kier alpha value is -0.470. The minimum atomic E-state index is 0.636. The quantitative estimate of drug-likeness (QED) is 0.756. The molecule has 0 aromatic heterocycles. The van der Waals surface area contributed by atoms with Crippen molar-refractivity contribution in [3.05, 3.63) is 29.3 Å². The predicted molar refractivity (Wildman–Crippen MR) is 74.4 cm³/mol. The maximum absolute atomic E-state index is 3.51. The van der Waals surface area contributed by atoms with Gasteiger partial charge in [-0.3, -0.25) is 0 Å². The Morgan fingerprint density at radius 3 is 2.50 bits per heavy atom. The van der Waals surface area contributed by atoms with Crippen molar-refractivity contribution in [2.45, 2.75) is 45.1 Å². The molecule has 2 heteroatoms. The Morgan fingerprint density at radius 2 is 1.94 bits per heavy atom. The first kappa shape index (κ1) is 13.6. The molecule has 0 radical (unpaired) electrons. The van der Waals surface area contributed by atoms with Gasteiger partial charge in [0.25, 0.3) is 0 Å². The van der Waals surface area contributed by atoms with Crippen LogP contribution in [0.25, 0.3) is 0 Å². The highest BCUT2D eigenvalue weighted by molar-refractivity contribution is 7.99. The van der Waals surface area contributed by atoms with Crippen LogP contribution in [-0.4, -0.2) is 18.3 Å². The van der Waals surface area contributed by atoms with Gasteiger partial charge in [-0.15, -0.1) is 11.8 Å². The summed E-state index contributed by atoms with van der Waals surface area (Å²) < 4.78 is 0. The first-order chi connectivity index (χ1) is 7.67. The smallest absolute Gasteiger partial charge is 0.0158 e. The van der Waals surface area contributed by atoms with Gasteiger partial charge < -0.3 is 5.32 Å². The molecule has 1 rings (SSSR count). The van der Waals surface area contributed by atoms with Crippen molar-refractivity contribution in [3.8, 4) is 0 Å². The average molecular weight is 237 g/mol. The summed E-state index contributed by atoms with van der Waals surface area (Å²) >= 11 is 1.95. The van der Waals surface area contributed by atoms with Crippen molar-refractivity contribution in [1.82, 2.24) is 5.32 Å². The van der Waals surface area contributed by atoms with E-state index in [4.69, 9.17) is 0 Å². The minimum absolute atomic E-state index is 0.636. The second kappa shape index (κ2) is 6.97. The number of thioether (sulfide) groups is 1. The highest BCUT2D eigenvalue weighted by Crippen LogP contribution is 2.22. The highest BCUT2D eigenvalue weighted by Gasteiger charge is 2.05. The van der Waals surface area contributed by atoms with E-state index in [0.29, 0.717) is 6.04 Å². The van der Waals surface area contributed by atoms with Crippen molar-refractivity contribution in [1.29, 1.82) is 0 Å². The van der Waals surface area contributed by atoms with Crippen LogP contribution in [0.3, 0.4) is 0 Å². The van der Waals surface area contributed by atoms with Crippen molar-refractivity contribution in [2.24, 2.45) is 0 Å². The first-order valence-electron chi connectivity index (χ1n) is 6.10. The van der Waals surface area contributed by atoms with Gasteiger partial charge in [0.15, 0.2) is 0 Å². The number of nitrogens with one attached hydrogen (secondary N) is 1. The monoisotopic (exact) mass is 237 g/mol. The molecule has 1 nitrogen and oxygen atoms in total. The Morgan fingerprint density at radius 1 is 1.19 bits per heavy atom. The fourth-order valence-electron chi connectivity index (χ4n) is 1.61. The summed E-state index contributed by atoms with van der Waals surface area (Å²) in [6.07, 6.45) is 1.20. The second-order valence-electron chi connectivity index (χ2n) is 4.22. The van der Waals surface area contributed by atoms with Gasteiger partial charge in [0, 0.05) is 16.7 Å². The van der Waals surface area contributed by atoms with Gasteiger partial charge in [0.2, 0.25) is 0 Å². The summed E-state index contributed by atoms with van der Waals surface area (Å²) in [6.45, 7) is 9.82. The van der Waals surface area contributed by atoms with Gasteiger partial charge in [-0.05, 0) is 50.1 Å². The van der Waals surface area contributed by atoms with Gasteiger partial charge in [-0.25, -0.2) is 0 Å². The van der Waals surface area contributed by atoms with Crippen LogP contribution in [0.15, 0.2) is 23.1 Å². The molecule has 0 fully saturated rings. The minimum Gasteiger partial charge on any atom is -0.313 e. The zero-order chi connectivity index (χ0) is 12.0. The van der Waals surface area contributed by atoms with E-state index in [1.165, 1.54) is 22.4 Å². The van der Waals surface area contributed by atoms with Gasteiger partial charge >= 0.3 is 0 Å². The standard InChI is InChI=1S/C14H23NS/c1-5-13(15-6-2)10-16-14-8-7-11(3)12(4)9-14/h7-9,13,15H,5-6,10H2,1-4H3. The van der Waals surface area contributed by atoms with E-state index in [2.05, 4.69) is 51.2 Å². The van der Waals surface area contributed by atoms with E-state index in [-0.39, 0.29) is 0 Å². The van der Waals surface area contributed by atoms with E-state index < -0.39 is 0 Å². The van der Waals surface area contributed by atoms with Crippen LogP contribution >= 0.6 is 11.8 Å². The largest absolute Gasteiger partial charge is 0.313 e. The Balaban J connectivity index is 2.50. The van der Waals surface area contributed by atoms with Crippen molar-refractivity contribution in [2.75, 3.05) is 12.3 Å². The molecule has 1 unspecified atom stereocenters. The molecule has 0 spiro atoms. The van der Waals surface area contributed by atoms with Gasteiger partial charge in [0.05, 0.1) is 0 Å². The molecule has 0 aliphatic heterocycles.